The van der Waals surface area contributed by atoms with Crippen LogP contribution in [0.15, 0.2) is 18.2 Å². The highest BCUT2D eigenvalue weighted by Crippen LogP contribution is 2.36. The Hall–Kier alpha value is -1.02. The summed E-state index contributed by atoms with van der Waals surface area (Å²) < 4.78 is 0. The number of rotatable bonds is 3. The van der Waals surface area contributed by atoms with Crippen LogP contribution >= 0.6 is 0 Å². The van der Waals surface area contributed by atoms with Gasteiger partial charge >= 0.3 is 0 Å². The zero-order chi connectivity index (χ0) is 13.2. The van der Waals surface area contributed by atoms with Gasteiger partial charge in [0.1, 0.15) is 5.75 Å². The number of aryl methyl sites for hydroxylation is 1. The predicted octanol–water partition coefficient (Wildman–Crippen LogP) is 3.94. The molecule has 1 fully saturated rings. The van der Waals surface area contributed by atoms with E-state index in [1.54, 1.807) is 0 Å². The minimum atomic E-state index is 0.406. The molecule has 3 atom stereocenters. The predicted molar refractivity (Wildman–Crippen MR) is 78.3 cm³/mol. The van der Waals surface area contributed by atoms with Gasteiger partial charge in [0.15, 0.2) is 0 Å². The Labute approximate surface area is 116 Å². The van der Waals surface area contributed by atoms with Gasteiger partial charge in [0, 0.05) is 12.1 Å². The lowest BCUT2D eigenvalue weighted by molar-refractivity contribution is 0.236. The highest BCUT2D eigenvalue weighted by atomic mass is 16.3. The number of benzene rings is 1. The van der Waals surface area contributed by atoms with Gasteiger partial charge in [-0.05, 0) is 54.9 Å². The van der Waals surface area contributed by atoms with Crippen LogP contribution in [0.3, 0.4) is 0 Å². The summed E-state index contributed by atoms with van der Waals surface area (Å²) in [6, 6.07) is 7.09. The van der Waals surface area contributed by atoms with Crippen LogP contribution < -0.4 is 5.32 Å². The van der Waals surface area contributed by atoms with Gasteiger partial charge in [0.05, 0.1) is 0 Å². The van der Waals surface area contributed by atoms with E-state index in [4.69, 9.17) is 0 Å². The van der Waals surface area contributed by atoms with E-state index < -0.39 is 0 Å². The van der Waals surface area contributed by atoms with Crippen molar-refractivity contribution in [2.45, 2.75) is 64.0 Å². The molecule has 1 aromatic rings. The van der Waals surface area contributed by atoms with Crippen molar-refractivity contribution in [1.82, 2.24) is 5.32 Å². The van der Waals surface area contributed by atoms with Crippen LogP contribution in [0, 0.1) is 5.92 Å². The normalized spacial score (nSPS) is 30.3. The molecule has 0 aromatic heterocycles. The summed E-state index contributed by atoms with van der Waals surface area (Å²) in [4.78, 5) is 0. The fraction of sp³-hybridized carbons (Fsp3) is 0.647. The average molecular weight is 259 g/mol. The van der Waals surface area contributed by atoms with Crippen LogP contribution in [0.2, 0.25) is 0 Å². The van der Waals surface area contributed by atoms with Gasteiger partial charge in [-0.2, -0.15) is 0 Å². The Bertz CT molecular complexity index is 443. The fourth-order valence-corrected chi connectivity index (χ4v) is 3.95. The van der Waals surface area contributed by atoms with Crippen molar-refractivity contribution in [3.05, 3.63) is 29.3 Å². The highest BCUT2D eigenvalue weighted by Gasteiger charge is 2.29. The molecule has 2 nitrogen and oxygen atoms in total. The summed E-state index contributed by atoms with van der Waals surface area (Å²) in [6.07, 6.45) is 9.10. The first-order valence-corrected chi connectivity index (χ1v) is 7.85. The molecule has 0 spiro atoms. The Morgan fingerprint density at radius 3 is 2.89 bits per heavy atom. The van der Waals surface area contributed by atoms with Crippen LogP contribution in [0.4, 0.5) is 0 Å². The number of fused-ring (bicyclic) bond motifs is 1. The second kappa shape index (κ2) is 5.54. The van der Waals surface area contributed by atoms with E-state index in [-0.39, 0.29) is 0 Å². The fourth-order valence-electron chi connectivity index (χ4n) is 3.95. The topological polar surface area (TPSA) is 32.3 Å². The van der Waals surface area contributed by atoms with E-state index >= 15 is 0 Å². The Kier molecular flexibility index (Phi) is 3.79. The molecule has 3 rings (SSSR count). The third kappa shape index (κ3) is 2.64. The van der Waals surface area contributed by atoms with Crippen LogP contribution in [0.1, 0.15) is 62.6 Å². The zero-order valence-corrected chi connectivity index (χ0v) is 11.9. The zero-order valence-electron chi connectivity index (χ0n) is 11.9. The molecule has 0 heterocycles. The van der Waals surface area contributed by atoms with Crippen LogP contribution in [-0.2, 0) is 6.42 Å². The van der Waals surface area contributed by atoms with Crippen molar-refractivity contribution in [1.29, 1.82) is 0 Å². The van der Waals surface area contributed by atoms with Crippen molar-refractivity contribution in [3.8, 4) is 5.75 Å². The molecule has 2 heteroatoms. The van der Waals surface area contributed by atoms with Crippen LogP contribution in [-0.4, -0.2) is 11.1 Å². The van der Waals surface area contributed by atoms with Gasteiger partial charge in [0.25, 0.3) is 0 Å². The van der Waals surface area contributed by atoms with Gasteiger partial charge in [-0.15, -0.1) is 0 Å². The Morgan fingerprint density at radius 1 is 1.21 bits per heavy atom. The van der Waals surface area contributed by atoms with Crippen LogP contribution in [0.5, 0.6) is 5.75 Å². The third-order valence-electron chi connectivity index (χ3n) is 5.05. The van der Waals surface area contributed by atoms with E-state index in [0.29, 0.717) is 17.8 Å². The van der Waals surface area contributed by atoms with Crippen LogP contribution in [0.25, 0.3) is 0 Å². The van der Waals surface area contributed by atoms with Gasteiger partial charge in [0.2, 0.25) is 0 Å². The van der Waals surface area contributed by atoms with Gasteiger partial charge in [-0.3, -0.25) is 0 Å². The highest BCUT2D eigenvalue weighted by molar-refractivity contribution is 5.40. The molecular weight excluding hydrogens is 234 g/mol. The van der Waals surface area contributed by atoms with Gasteiger partial charge in [-0.1, -0.05) is 32.3 Å². The number of hydrogen-bond acceptors (Lipinski definition) is 2. The van der Waals surface area contributed by atoms with Gasteiger partial charge in [-0.25, -0.2) is 0 Å². The smallest absolute Gasteiger partial charge is 0.115 e. The second-order valence-corrected chi connectivity index (χ2v) is 6.20. The summed E-state index contributed by atoms with van der Waals surface area (Å²) in [5.74, 6) is 1.26. The van der Waals surface area contributed by atoms with E-state index in [1.807, 2.05) is 12.1 Å². The number of nitrogens with one attached hydrogen (secondary N) is 1. The molecule has 3 unspecified atom stereocenters. The first kappa shape index (κ1) is 13.0. The first-order chi connectivity index (χ1) is 9.28. The summed E-state index contributed by atoms with van der Waals surface area (Å²) in [5, 5.41) is 13.5. The maximum absolute atomic E-state index is 9.56. The maximum Gasteiger partial charge on any atom is 0.115 e. The minimum absolute atomic E-state index is 0.406. The molecule has 2 aliphatic carbocycles. The van der Waals surface area contributed by atoms with Crippen molar-refractivity contribution < 1.29 is 5.11 Å². The molecule has 0 bridgehead atoms. The largest absolute Gasteiger partial charge is 0.508 e. The molecule has 0 amide bonds. The lowest BCUT2D eigenvalue weighted by Gasteiger charge is -2.34. The quantitative estimate of drug-likeness (QED) is 0.861. The SMILES string of the molecule is CCC1CCCCC1NC1CCc2cc(O)ccc21. The average Bonchev–Trinajstić information content (AvgIpc) is 2.82. The first-order valence-electron chi connectivity index (χ1n) is 7.85. The van der Waals surface area contributed by atoms with Crippen molar-refractivity contribution in [2.75, 3.05) is 0 Å². The Balaban J connectivity index is 1.71. The second-order valence-electron chi connectivity index (χ2n) is 6.20. The number of hydrogen-bond donors (Lipinski definition) is 2. The summed E-state index contributed by atoms with van der Waals surface area (Å²) in [5.41, 5.74) is 2.75. The lowest BCUT2D eigenvalue weighted by atomic mass is 9.82. The van der Waals surface area contributed by atoms with E-state index in [9.17, 15) is 5.11 Å². The minimum Gasteiger partial charge on any atom is -0.508 e. The van der Waals surface area contributed by atoms with E-state index in [1.165, 1.54) is 49.7 Å². The van der Waals surface area contributed by atoms with Crippen molar-refractivity contribution in [3.63, 3.8) is 0 Å². The molecule has 1 aromatic carbocycles. The van der Waals surface area contributed by atoms with E-state index in [2.05, 4.69) is 18.3 Å². The number of aromatic hydroxyl groups is 1. The molecule has 104 valence electrons. The van der Waals surface area contributed by atoms with E-state index in [0.717, 1.165) is 12.3 Å². The molecule has 0 aliphatic heterocycles. The monoisotopic (exact) mass is 259 g/mol. The number of phenols is 1. The summed E-state index contributed by atoms with van der Waals surface area (Å²) in [6.45, 7) is 2.32. The van der Waals surface area contributed by atoms with Crippen molar-refractivity contribution >= 4 is 0 Å². The standard InChI is InChI=1S/C17H25NO/c1-2-12-5-3-4-6-16(12)18-17-10-7-13-11-14(19)8-9-15(13)17/h8-9,11-12,16-19H,2-7,10H2,1H3. The maximum atomic E-state index is 9.56. The molecule has 2 aliphatic rings. The molecule has 0 radical (unpaired) electrons. The van der Waals surface area contributed by atoms with Crippen molar-refractivity contribution in [2.24, 2.45) is 5.92 Å². The molecule has 19 heavy (non-hydrogen) atoms. The summed E-state index contributed by atoms with van der Waals surface area (Å²) >= 11 is 0. The molecule has 0 saturated heterocycles. The lowest BCUT2D eigenvalue weighted by Crippen LogP contribution is -2.39. The third-order valence-corrected chi connectivity index (χ3v) is 5.05. The van der Waals surface area contributed by atoms with Gasteiger partial charge < -0.3 is 10.4 Å². The summed E-state index contributed by atoms with van der Waals surface area (Å²) in [7, 11) is 0. The molecule has 2 N–H and O–H groups in total. The molecular formula is C17H25NO. The number of phenolic OH excluding ortho intramolecular Hbond substituents is 1. The molecule has 1 saturated carbocycles. The Morgan fingerprint density at radius 2 is 2.05 bits per heavy atom.